The van der Waals surface area contributed by atoms with Crippen molar-refractivity contribution in [2.24, 2.45) is 0 Å². The number of nitrogens with zero attached hydrogens (tertiary/aromatic N) is 2. The number of amides is 1. The van der Waals surface area contributed by atoms with Gasteiger partial charge < -0.3 is 19.0 Å². The lowest BCUT2D eigenvalue weighted by Crippen LogP contribution is -2.33. The molecule has 6 nitrogen and oxygen atoms in total. The lowest BCUT2D eigenvalue weighted by molar-refractivity contribution is 0.0698. The maximum Gasteiger partial charge on any atom is 0.289 e. The van der Waals surface area contributed by atoms with Gasteiger partial charge in [0.15, 0.2) is 5.76 Å². The van der Waals surface area contributed by atoms with E-state index in [1.54, 1.807) is 30.5 Å². The molecule has 1 N–H and O–H groups in total. The normalized spacial score (nSPS) is 10.6. The maximum atomic E-state index is 12.2. The number of carbonyl (C=O) groups is 1. The molecule has 0 aliphatic rings. The number of rotatable bonds is 6. The van der Waals surface area contributed by atoms with Crippen molar-refractivity contribution < 1.29 is 14.3 Å². The highest BCUT2D eigenvalue weighted by Crippen LogP contribution is 2.11. The molecule has 1 amide bonds. The van der Waals surface area contributed by atoms with Gasteiger partial charge in [0.2, 0.25) is 0 Å². The van der Waals surface area contributed by atoms with Crippen LogP contribution in [0.2, 0.25) is 0 Å². The van der Waals surface area contributed by atoms with E-state index in [2.05, 4.69) is 0 Å². The first kappa shape index (κ1) is 15.1. The van der Waals surface area contributed by atoms with Crippen LogP contribution in [-0.4, -0.2) is 40.2 Å². The van der Waals surface area contributed by atoms with Crippen molar-refractivity contribution in [1.29, 1.82) is 0 Å². The zero-order valence-corrected chi connectivity index (χ0v) is 11.9. The third kappa shape index (κ3) is 3.61. The first-order chi connectivity index (χ1) is 10.2. The summed E-state index contributed by atoms with van der Waals surface area (Å²) in [6, 6.07) is 8.17. The van der Waals surface area contributed by atoms with E-state index in [0.29, 0.717) is 12.3 Å². The van der Waals surface area contributed by atoms with Gasteiger partial charge in [-0.2, -0.15) is 0 Å². The molecule has 0 saturated heterocycles. The number of pyridine rings is 1. The minimum Gasteiger partial charge on any atom is -0.454 e. The highest BCUT2D eigenvalue weighted by Gasteiger charge is 2.17. The molecule has 0 aliphatic heterocycles. The largest absolute Gasteiger partial charge is 0.454 e. The van der Waals surface area contributed by atoms with E-state index >= 15 is 0 Å². The number of aromatic nitrogens is 1. The zero-order valence-electron chi connectivity index (χ0n) is 11.9. The molecule has 2 aromatic heterocycles. The average Bonchev–Trinajstić information content (AvgIpc) is 2.95. The predicted molar refractivity (Wildman–Crippen MR) is 77.2 cm³/mol. The first-order valence-electron chi connectivity index (χ1n) is 6.80. The molecular formula is C15H18N2O4. The van der Waals surface area contributed by atoms with Crippen LogP contribution in [0.5, 0.6) is 0 Å². The fourth-order valence-electron chi connectivity index (χ4n) is 2.02. The number of furan rings is 1. The van der Waals surface area contributed by atoms with Crippen LogP contribution in [0.3, 0.4) is 0 Å². The topological polar surface area (TPSA) is 75.7 Å². The Morgan fingerprint density at radius 3 is 2.81 bits per heavy atom. The summed E-state index contributed by atoms with van der Waals surface area (Å²) in [5.41, 5.74) is -0.128. The molecule has 0 saturated carbocycles. The number of hydrogen-bond acceptors (Lipinski definition) is 4. The Morgan fingerprint density at radius 2 is 2.14 bits per heavy atom. The molecule has 0 radical (unpaired) electrons. The maximum absolute atomic E-state index is 12.2. The summed E-state index contributed by atoms with van der Waals surface area (Å²) in [4.78, 5) is 25.3. The molecule has 0 fully saturated rings. The highest BCUT2D eigenvalue weighted by atomic mass is 16.4. The van der Waals surface area contributed by atoms with Gasteiger partial charge in [-0.3, -0.25) is 9.59 Å². The fraction of sp³-hybridized carbons (Fsp3) is 0.333. The van der Waals surface area contributed by atoms with Crippen LogP contribution in [-0.2, 0) is 6.54 Å². The highest BCUT2D eigenvalue weighted by molar-refractivity contribution is 5.91. The Labute approximate surface area is 122 Å². The summed E-state index contributed by atoms with van der Waals surface area (Å²) in [7, 11) is 0. The Kier molecular flexibility index (Phi) is 4.94. The molecule has 2 heterocycles. The summed E-state index contributed by atoms with van der Waals surface area (Å²) in [5.74, 6) is 0.481. The molecular weight excluding hydrogens is 272 g/mol. The van der Waals surface area contributed by atoms with Gasteiger partial charge in [-0.15, -0.1) is 0 Å². The second-order valence-electron chi connectivity index (χ2n) is 4.54. The number of likely N-dealkylation sites (N-methyl/N-ethyl adjacent to an activating group) is 1. The minimum atomic E-state index is -0.266. The molecule has 2 rings (SSSR count). The first-order valence-corrected chi connectivity index (χ1v) is 6.80. The van der Waals surface area contributed by atoms with Gasteiger partial charge in [0.25, 0.3) is 11.5 Å². The second kappa shape index (κ2) is 6.90. The molecule has 0 aromatic carbocycles. The van der Waals surface area contributed by atoms with Crippen LogP contribution in [0, 0.1) is 0 Å². The van der Waals surface area contributed by atoms with Crippen LogP contribution < -0.4 is 5.56 Å². The molecule has 2 aromatic rings. The molecule has 0 aliphatic carbocycles. The van der Waals surface area contributed by atoms with Gasteiger partial charge in [0.1, 0.15) is 5.76 Å². The lowest BCUT2D eigenvalue weighted by atomic mass is 10.3. The zero-order chi connectivity index (χ0) is 15.2. The van der Waals surface area contributed by atoms with E-state index in [1.807, 2.05) is 6.92 Å². The van der Waals surface area contributed by atoms with Crippen molar-refractivity contribution in [3.63, 3.8) is 0 Å². The van der Waals surface area contributed by atoms with Crippen molar-refractivity contribution in [1.82, 2.24) is 9.47 Å². The van der Waals surface area contributed by atoms with Crippen LogP contribution in [0.15, 0.2) is 45.7 Å². The summed E-state index contributed by atoms with van der Waals surface area (Å²) in [6.45, 7) is 2.78. The van der Waals surface area contributed by atoms with Crippen molar-refractivity contribution in [3.8, 4) is 0 Å². The van der Waals surface area contributed by atoms with E-state index in [4.69, 9.17) is 9.52 Å². The molecule has 21 heavy (non-hydrogen) atoms. The van der Waals surface area contributed by atoms with E-state index in [1.165, 1.54) is 15.5 Å². The number of aliphatic hydroxyl groups excluding tert-OH is 1. The van der Waals surface area contributed by atoms with Gasteiger partial charge >= 0.3 is 0 Å². The molecule has 0 bridgehead atoms. The fourth-order valence-corrected chi connectivity index (χ4v) is 2.02. The Bertz CT molecular complexity index is 659. The van der Waals surface area contributed by atoms with Crippen LogP contribution in [0.25, 0.3) is 0 Å². The molecule has 0 unspecified atom stereocenters. The van der Waals surface area contributed by atoms with Crippen molar-refractivity contribution in [2.45, 2.75) is 13.5 Å². The van der Waals surface area contributed by atoms with Crippen LogP contribution in [0.4, 0.5) is 0 Å². The second-order valence-corrected chi connectivity index (χ2v) is 4.54. The van der Waals surface area contributed by atoms with E-state index in [-0.39, 0.29) is 36.9 Å². The molecule has 0 atom stereocenters. The summed E-state index contributed by atoms with van der Waals surface area (Å²) < 4.78 is 7.00. The summed E-state index contributed by atoms with van der Waals surface area (Å²) in [6.07, 6.45) is 1.66. The van der Waals surface area contributed by atoms with E-state index in [0.717, 1.165) is 0 Å². The van der Waals surface area contributed by atoms with E-state index < -0.39 is 0 Å². The van der Waals surface area contributed by atoms with Crippen molar-refractivity contribution in [3.05, 3.63) is 58.4 Å². The number of carbonyl (C=O) groups excluding carboxylic acids is 1. The van der Waals surface area contributed by atoms with Crippen molar-refractivity contribution in [2.75, 3.05) is 19.7 Å². The van der Waals surface area contributed by atoms with Crippen LogP contribution >= 0.6 is 0 Å². The third-order valence-corrected chi connectivity index (χ3v) is 3.14. The quantitative estimate of drug-likeness (QED) is 0.859. The standard InChI is InChI=1S/C15H18N2O4/c1-2-16(9-10-18)15(20)13-7-6-12(21-13)11-17-8-4-3-5-14(17)19/h3-8,18H,2,9-11H2,1H3. The monoisotopic (exact) mass is 290 g/mol. The van der Waals surface area contributed by atoms with Crippen LogP contribution in [0.1, 0.15) is 23.2 Å². The van der Waals surface area contributed by atoms with Gasteiger partial charge in [-0.25, -0.2) is 0 Å². The Hall–Kier alpha value is -2.34. The number of hydrogen-bond donors (Lipinski definition) is 1. The SMILES string of the molecule is CCN(CCO)C(=O)c1ccc(Cn2ccccc2=O)o1. The predicted octanol–water partition coefficient (Wildman–Crippen LogP) is 0.944. The van der Waals surface area contributed by atoms with Gasteiger partial charge in [0.05, 0.1) is 13.2 Å². The smallest absolute Gasteiger partial charge is 0.289 e. The third-order valence-electron chi connectivity index (χ3n) is 3.14. The number of aliphatic hydroxyl groups is 1. The molecule has 0 spiro atoms. The van der Waals surface area contributed by atoms with Gasteiger partial charge in [0, 0.05) is 25.4 Å². The summed E-state index contributed by atoms with van der Waals surface area (Å²) >= 11 is 0. The van der Waals surface area contributed by atoms with Gasteiger partial charge in [-0.1, -0.05) is 6.07 Å². The Balaban J connectivity index is 2.13. The summed E-state index contributed by atoms with van der Waals surface area (Å²) in [5, 5.41) is 8.93. The lowest BCUT2D eigenvalue weighted by Gasteiger charge is -2.17. The molecule has 6 heteroatoms. The van der Waals surface area contributed by atoms with Crippen molar-refractivity contribution >= 4 is 5.91 Å². The minimum absolute atomic E-state index is 0.0907. The van der Waals surface area contributed by atoms with E-state index in [9.17, 15) is 9.59 Å². The van der Waals surface area contributed by atoms with Gasteiger partial charge in [-0.05, 0) is 25.1 Å². The Morgan fingerprint density at radius 1 is 1.33 bits per heavy atom. The molecule has 112 valence electrons. The average molecular weight is 290 g/mol.